The van der Waals surface area contributed by atoms with Crippen molar-refractivity contribution in [1.82, 2.24) is 0 Å². The van der Waals surface area contributed by atoms with Crippen LogP contribution in [0.15, 0.2) is 0 Å². The van der Waals surface area contributed by atoms with E-state index in [1.165, 1.54) is 0 Å². The molecule has 0 aliphatic carbocycles. The SMILES string of the molecule is CC1(C)OC(CO)C2(OC2(C)C)C(O)C1N. The van der Waals surface area contributed by atoms with Crippen molar-refractivity contribution in [3.63, 3.8) is 0 Å². The summed E-state index contributed by atoms with van der Waals surface area (Å²) in [5.74, 6) is 0. The van der Waals surface area contributed by atoms with E-state index in [1.807, 2.05) is 27.7 Å². The third kappa shape index (κ3) is 1.29. The number of nitrogens with two attached hydrogens (primary N) is 1. The number of hydrogen-bond acceptors (Lipinski definition) is 5. The van der Waals surface area contributed by atoms with Crippen molar-refractivity contribution in [2.75, 3.05) is 6.61 Å². The Hall–Kier alpha value is -0.200. The molecular weight excluding hydrogens is 210 g/mol. The topological polar surface area (TPSA) is 88.2 Å². The minimum atomic E-state index is -0.864. The van der Waals surface area contributed by atoms with Crippen LogP contribution in [0.1, 0.15) is 27.7 Å². The summed E-state index contributed by atoms with van der Waals surface area (Å²) in [6.45, 7) is 7.18. The molecule has 2 aliphatic heterocycles. The van der Waals surface area contributed by atoms with Gasteiger partial charge in [0.15, 0.2) is 5.60 Å². The van der Waals surface area contributed by atoms with Crippen LogP contribution in [0.5, 0.6) is 0 Å². The highest BCUT2D eigenvalue weighted by Crippen LogP contribution is 2.57. The number of epoxide rings is 1. The Morgan fingerprint density at radius 3 is 2.12 bits per heavy atom. The molecule has 1 spiro atoms. The molecule has 4 N–H and O–H groups in total. The fourth-order valence-corrected chi connectivity index (χ4v) is 2.81. The lowest BCUT2D eigenvalue weighted by molar-refractivity contribution is -0.206. The summed E-state index contributed by atoms with van der Waals surface area (Å²) >= 11 is 0. The molecule has 2 fully saturated rings. The minimum absolute atomic E-state index is 0.184. The molecular formula is C11H21NO4. The fourth-order valence-electron chi connectivity index (χ4n) is 2.81. The average molecular weight is 231 g/mol. The Morgan fingerprint density at radius 2 is 1.75 bits per heavy atom. The Balaban J connectivity index is 2.34. The van der Waals surface area contributed by atoms with Crippen LogP contribution in [0.4, 0.5) is 0 Å². The maximum Gasteiger partial charge on any atom is 0.153 e. The lowest BCUT2D eigenvalue weighted by atomic mass is 9.75. The molecule has 0 radical (unpaired) electrons. The maximum atomic E-state index is 10.3. The molecule has 16 heavy (non-hydrogen) atoms. The summed E-state index contributed by atoms with van der Waals surface area (Å²) in [4.78, 5) is 0. The van der Waals surface area contributed by atoms with E-state index in [4.69, 9.17) is 15.2 Å². The standard InChI is InChI=1S/C11H21NO4/c1-9(2)7(12)8(14)11(6(5-13)15-9)10(3,4)16-11/h6-8,13-14H,5,12H2,1-4H3. The van der Waals surface area contributed by atoms with E-state index in [-0.39, 0.29) is 6.61 Å². The maximum absolute atomic E-state index is 10.3. The predicted octanol–water partition coefficient (Wildman–Crippen LogP) is -0.608. The highest BCUT2D eigenvalue weighted by Gasteiger charge is 2.76. The second-order valence-corrected chi connectivity index (χ2v) is 5.77. The number of aliphatic hydroxyl groups excluding tert-OH is 2. The first kappa shape index (κ1) is 12.3. The van der Waals surface area contributed by atoms with Gasteiger partial charge in [0.05, 0.1) is 23.9 Å². The van der Waals surface area contributed by atoms with Crippen molar-refractivity contribution >= 4 is 0 Å². The van der Waals surface area contributed by atoms with Crippen molar-refractivity contribution in [3.8, 4) is 0 Å². The Morgan fingerprint density at radius 1 is 1.25 bits per heavy atom. The predicted molar refractivity (Wildman–Crippen MR) is 57.9 cm³/mol. The fraction of sp³-hybridized carbons (Fsp3) is 1.00. The van der Waals surface area contributed by atoms with Crippen LogP contribution < -0.4 is 5.73 Å². The molecule has 4 atom stereocenters. The van der Waals surface area contributed by atoms with Gasteiger partial charge in [-0.2, -0.15) is 0 Å². The van der Waals surface area contributed by atoms with Crippen molar-refractivity contribution in [1.29, 1.82) is 0 Å². The summed E-state index contributed by atoms with van der Waals surface area (Å²) in [5, 5.41) is 19.7. The van der Waals surface area contributed by atoms with E-state index in [1.54, 1.807) is 0 Å². The molecule has 0 aromatic heterocycles. The Kier molecular flexibility index (Phi) is 2.43. The molecule has 2 rings (SSSR count). The molecule has 5 heteroatoms. The Labute approximate surface area is 95.5 Å². The molecule has 0 amide bonds. The van der Waals surface area contributed by atoms with E-state index in [0.29, 0.717) is 0 Å². The zero-order valence-electron chi connectivity index (χ0n) is 10.2. The van der Waals surface area contributed by atoms with Crippen LogP contribution in [0, 0.1) is 0 Å². The lowest BCUT2D eigenvalue weighted by Gasteiger charge is -2.47. The van der Waals surface area contributed by atoms with Gasteiger partial charge < -0.3 is 25.4 Å². The summed E-state index contributed by atoms with van der Waals surface area (Å²) < 4.78 is 11.4. The van der Waals surface area contributed by atoms with Crippen LogP contribution in [-0.4, -0.2) is 51.9 Å². The molecule has 2 saturated heterocycles. The molecule has 0 saturated carbocycles. The zero-order chi connectivity index (χ0) is 12.4. The summed E-state index contributed by atoms with van der Waals surface area (Å²) in [6, 6.07) is -0.530. The summed E-state index contributed by atoms with van der Waals surface area (Å²) in [7, 11) is 0. The zero-order valence-corrected chi connectivity index (χ0v) is 10.2. The van der Waals surface area contributed by atoms with Crippen LogP contribution in [0.2, 0.25) is 0 Å². The first-order valence-electron chi connectivity index (χ1n) is 5.61. The number of ether oxygens (including phenoxy) is 2. The van der Waals surface area contributed by atoms with Crippen molar-refractivity contribution < 1.29 is 19.7 Å². The number of rotatable bonds is 1. The van der Waals surface area contributed by atoms with Crippen molar-refractivity contribution in [3.05, 3.63) is 0 Å². The van der Waals surface area contributed by atoms with Gasteiger partial charge in [-0.25, -0.2) is 0 Å². The van der Waals surface area contributed by atoms with Gasteiger partial charge in [-0.05, 0) is 27.7 Å². The molecule has 2 aliphatic rings. The Bertz CT molecular complexity index is 300. The average Bonchev–Trinajstić information content (AvgIpc) is 2.75. The van der Waals surface area contributed by atoms with Gasteiger partial charge in [-0.3, -0.25) is 0 Å². The molecule has 4 unspecified atom stereocenters. The summed E-state index contributed by atoms with van der Waals surface area (Å²) in [6.07, 6.45) is -1.37. The lowest BCUT2D eigenvalue weighted by Crippen LogP contribution is -2.69. The molecule has 0 aromatic carbocycles. The third-order valence-corrected chi connectivity index (χ3v) is 4.00. The van der Waals surface area contributed by atoms with Gasteiger partial charge in [-0.1, -0.05) is 0 Å². The number of hydrogen-bond donors (Lipinski definition) is 3. The van der Waals surface area contributed by atoms with Crippen LogP contribution in [0.25, 0.3) is 0 Å². The van der Waals surface area contributed by atoms with Gasteiger partial charge >= 0.3 is 0 Å². The smallest absolute Gasteiger partial charge is 0.153 e. The number of aliphatic hydroxyl groups is 2. The molecule has 0 aromatic rings. The summed E-state index contributed by atoms with van der Waals surface area (Å²) in [5.41, 5.74) is 3.94. The van der Waals surface area contributed by atoms with Gasteiger partial charge in [-0.15, -0.1) is 0 Å². The van der Waals surface area contributed by atoms with Gasteiger partial charge in [0, 0.05) is 0 Å². The van der Waals surface area contributed by atoms with Gasteiger partial charge in [0.1, 0.15) is 12.2 Å². The van der Waals surface area contributed by atoms with E-state index < -0.39 is 35.1 Å². The highest BCUT2D eigenvalue weighted by atomic mass is 16.7. The quantitative estimate of drug-likeness (QED) is 0.524. The largest absolute Gasteiger partial charge is 0.394 e. The minimum Gasteiger partial charge on any atom is -0.394 e. The van der Waals surface area contributed by atoms with Gasteiger partial charge in [0.25, 0.3) is 0 Å². The highest BCUT2D eigenvalue weighted by molar-refractivity contribution is 5.24. The van der Waals surface area contributed by atoms with Crippen LogP contribution in [-0.2, 0) is 9.47 Å². The van der Waals surface area contributed by atoms with Crippen molar-refractivity contribution in [2.45, 2.75) is 62.7 Å². The van der Waals surface area contributed by atoms with E-state index in [0.717, 1.165) is 0 Å². The van der Waals surface area contributed by atoms with Gasteiger partial charge in [0.2, 0.25) is 0 Å². The van der Waals surface area contributed by atoms with E-state index in [2.05, 4.69) is 0 Å². The van der Waals surface area contributed by atoms with Crippen LogP contribution in [0.3, 0.4) is 0 Å². The van der Waals surface area contributed by atoms with E-state index >= 15 is 0 Å². The first-order chi connectivity index (χ1) is 7.19. The molecule has 2 heterocycles. The van der Waals surface area contributed by atoms with E-state index in [9.17, 15) is 10.2 Å². The second kappa shape index (κ2) is 3.17. The molecule has 94 valence electrons. The van der Waals surface area contributed by atoms with Crippen molar-refractivity contribution in [2.24, 2.45) is 5.73 Å². The molecule has 0 bridgehead atoms. The second-order valence-electron chi connectivity index (χ2n) is 5.77. The normalized spacial score (nSPS) is 49.3. The van der Waals surface area contributed by atoms with Crippen LogP contribution >= 0.6 is 0 Å². The third-order valence-electron chi connectivity index (χ3n) is 4.00. The first-order valence-corrected chi connectivity index (χ1v) is 5.61. The monoisotopic (exact) mass is 231 g/mol. The molecule has 5 nitrogen and oxygen atoms in total.